The van der Waals surface area contributed by atoms with Crippen LogP contribution in [-0.4, -0.2) is 38.4 Å². The SMILES string of the molecule is COCOc1cc(F)ccc1C(=CC1CCCCN1C)c1ccccc1. The summed E-state index contributed by atoms with van der Waals surface area (Å²) in [6, 6.07) is 15.3. The topological polar surface area (TPSA) is 21.7 Å². The zero-order valence-electron chi connectivity index (χ0n) is 15.5. The van der Waals surface area contributed by atoms with Gasteiger partial charge >= 0.3 is 0 Å². The van der Waals surface area contributed by atoms with Gasteiger partial charge in [-0.3, -0.25) is 4.90 Å². The van der Waals surface area contributed by atoms with Crippen molar-refractivity contribution in [1.82, 2.24) is 4.90 Å². The molecule has 1 aliphatic rings. The van der Waals surface area contributed by atoms with Crippen molar-refractivity contribution in [2.75, 3.05) is 27.5 Å². The Hall–Kier alpha value is -2.17. The fourth-order valence-electron chi connectivity index (χ4n) is 3.42. The van der Waals surface area contributed by atoms with E-state index in [0.717, 1.165) is 29.7 Å². The van der Waals surface area contributed by atoms with Crippen LogP contribution in [0.3, 0.4) is 0 Å². The molecule has 0 aromatic heterocycles. The first kappa shape index (κ1) is 18.6. The number of halogens is 1. The molecule has 0 radical (unpaired) electrons. The highest BCUT2D eigenvalue weighted by Crippen LogP contribution is 2.33. The molecule has 1 atom stereocenters. The summed E-state index contributed by atoms with van der Waals surface area (Å²) in [5.74, 6) is 0.183. The molecule has 0 aliphatic carbocycles. The molecule has 1 saturated heterocycles. The smallest absolute Gasteiger partial charge is 0.188 e. The highest BCUT2D eigenvalue weighted by atomic mass is 19.1. The average molecular weight is 355 g/mol. The number of nitrogens with zero attached hydrogens (tertiary/aromatic N) is 1. The Bertz CT molecular complexity index is 745. The number of methoxy groups -OCH3 is 1. The Balaban J connectivity index is 2.06. The van der Waals surface area contributed by atoms with Crippen LogP contribution in [0.15, 0.2) is 54.6 Å². The van der Waals surface area contributed by atoms with Crippen LogP contribution in [0.2, 0.25) is 0 Å². The third-order valence-electron chi connectivity index (χ3n) is 4.84. The molecule has 0 bridgehead atoms. The van der Waals surface area contributed by atoms with Gasteiger partial charge in [0.25, 0.3) is 0 Å². The number of ether oxygens (including phenoxy) is 2. The number of hydrogen-bond acceptors (Lipinski definition) is 3. The van der Waals surface area contributed by atoms with Gasteiger partial charge in [-0.05, 0) is 49.7 Å². The molecule has 0 spiro atoms. The van der Waals surface area contributed by atoms with Crippen molar-refractivity contribution >= 4 is 5.57 Å². The number of likely N-dealkylation sites (N-methyl/N-ethyl adjacent to an activating group) is 1. The summed E-state index contributed by atoms with van der Waals surface area (Å²) in [5.41, 5.74) is 3.05. The summed E-state index contributed by atoms with van der Waals surface area (Å²) < 4.78 is 24.5. The first-order valence-electron chi connectivity index (χ1n) is 9.08. The number of piperidine rings is 1. The quantitative estimate of drug-likeness (QED) is 0.700. The molecule has 3 nitrogen and oxygen atoms in total. The number of rotatable bonds is 6. The lowest BCUT2D eigenvalue weighted by atomic mass is 9.92. The van der Waals surface area contributed by atoms with Crippen molar-refractivity contribution in [3.8, 4) is 5.75 Å². The monoisotopic (exact) mass is 355 g/mol. The Labute approximate surface area is 155 Å². The predicted molar refractivity (Wildman–Crippen MR) is 103 cm³/mol. The van der Waals surface area contributed by atoms with Gasteiger partial charge in [0.1, 0.15) is 11.6 Å². The zero-order chi connectivity index (χ0) is 18.4. The fraction of sp³-hybridized carbons (Fsp3) is 0.364. The lowest BCUT2D eigenvalue weighted by molar-refractivity contribution is 0.0507. The summed E-state index contributed by atoms with van der Waals surface area (Å²) in [5, 5.41) is 0. The van der Waals surface area contributed by atoms with E-state index in [1.165, 1.54) is 25.0 Å². The summed E-state index contributed by atoms with van der Waals surface area (Å²) in [7, 11) is 3.72. The summed E-state index contributed by atoms with van der Waals surface area (Å²) in [6.45, 7) is 1.18. The molecule has 1 fully saturated rings. The van der Waals surface area contributed by atoms with Gasteiger partial charge in [0, 0.05) is 24.8 Å². The van der Waals surface area contributed by atoms with Gasteiger partial charge in [-0.2, -0.15) is 0 Å². The molecular formula is C22H26FNO2. The molecule has 1 aliphatic heterocycles. The molecule has 1 heterocycles. The maximum atomic E-state index is 13.8. The minimum Gasteiger partial charge on any atom is -0.467 e. The summed E-state index contributed by atoms with van der Waals surface area (Å²) >= 11 is 0. The third-order valence-corrected chi connectivity index (χ3v) is 4.84. The molecular weight excluding hydrogens is 329 g/mol. The van der Waals surface area contributed by atoms with Crippen molar-refractivity contribution in [3.05, 3.63) is 71.6 Å². The Morgan fingerprint density at radius 1 is 1.19 bits per heavy atom. The fourth-order valence-corrected chi connectivity index (χ4v) is 3.42. The molecule has 1 unspecified atom stereocenters. The van der Waals surface area contributed by atoms with E-state index in [-0.39, 0.29) is 12.6 Å². The number of hydrogen-bond donors (Lipinski definition) is 0. The van der Waals surface area contributed by atoms with Gasteiger partial charge in [0.15, 0.2) is 6.79 Å². The Morgan fingerprint density at radius 2 is 2.00 bits per heavy atom. The largest absolute Gasteiger partial charge is 0.467 e. The average Bonchev–Trinajstić information content (AvgIpc) is 2.67. The van der Waals surface area contributed by atoms with Gasteiger partial charge in [-0.15, -0.1) is 0 Å². The Kier molecular flexibility index (Phi) is 6.42. The normalized spacial score (nSPS) is 18.7. The molecule has 0 N–H and O–H groups in total. The lowest BCUT2D eigenvalue weighted by Gasteiger charge is -2.31. The van der Waals surface area contributed by atoms with Crippen LogP contribution in [0.1, 0.15) is 30.4 Å². The molecule has 26 heavy (non-hydrogen) atoms. The van der Waals surface area contributed by atoms with Crippen molar-refractivity contribution in [2.45, 2.75) is 25.3 Å². The highest BCUT2D eigenvalue weighted by molar-refractivity contribution is 5.83. The Morgan fingerprint density at radius 3 is 2.73 bits per heavy atom. The summed E-state index contributed by atoms with van der Waals surface area (Å²) in [6.07, 6.45) is 5.88. The molecule has 138 valence electrons. The van der Waals surface area contributed by atoms with E-state index in [4.69, 9.17) is 9.47 Å². The van der Waals surface area contributed by atoms with Crippen LogP contribution in [0.25, 0.3) is 5.57 Å². The second-order valence-corrected chi connectivity index (χ2v) is 6.68. The van der Waals surface area contributed by atoms with Gasteiger partial charge in [0.05, 0.1) is 0 Å². The summed E-state index contributed by atoms with van der Waals surface area (Å²) in [4.78, 5) is 2.38. The molecule has 2 aromatic rings. The molecule has 3 rings (SSSR count). The van der Waals surface area contributed by atoms with E-state index >= 15 is 0 Å². The lowest BCUT2D eigenvalue weighted by Crippen LogP contribution is -2.34. The van der Waals surface area contributed by atoms with E-state index in [1.807, 2.05) is 18.2 Å². The van der Waals surface area contributed by atoms with Crippen LogP contribution < -0.4 is 4.74 Å². The van der Waals surface area contributed by atoms with Crippen LogP contribution >= 0.6 is 0 Å². The van der Waals surface area contributed by atoms with Crippen molar-refractivity contribution in [1.29, 1.82) is 0 Å². The van der Waals surface area contributed by atoms with Crippen LogP contribution in [0.5, 0.6) is 5.75 Å². The van der Waals surface area contributed by atoms with Crippen LogP contribution in [0.4, 0.5) is 4.39 Å². The third kappa shape index (κ3) is 4.51. The van der Waals surface area contributed by atoms with Gasteiger partial charge in [-0.1, -0.05) is 42.8 Å². The van der Waals surface area contributed by atoms with Crippen molar-refractivity contribution in [2.24, 2.45) is 0 Å². The predicted octanol–water partition coefficient (Wildman–Crippen LogP) is 4.72. The van der Waals surface area contributed by atoms with E-state index in [1.54, 1.807) is 13.2 Å². The standard InChI is InChI=1S/C22H26FNO2/c1-24-13-7-6-10-19(24)15-21(17-8-4-3-5-9-17)20-12-11-18(23)14-22(20)26-16-25-2/h3-5,8-9,11-12,14-15,19H,6-7,10,13,16H2,1-2H3. The van der Waals surface area contributed by atoms with Gasteiger partial charge in [0.2, 0.25) is 0 Å². The molecule has 4 heteroatoms. The van der Waals surface area contributed by atoms with E-state index in [9.17, 15) is 4.39 Å². The second-order valence-electron chi connectivity index (χ2n) is 6.68. The minimum atomic E-state index is -0.318. The van der Waals surface area contributed by atoms with Crippen molar-refractivity contribution < 1.29 is 13.9 Å². The highest BCUT2D eigenvalue weighted by Gasteiger charge is 2.20. The molecule has 0 amide bonds. The second kappa shape index (κ2) is 8.97. The van der Waals surface area contributed by atoms with E-state index in [2.05, 4.69) is 30.2 Å². The maximum Gasteiger partial charge on any atom is 0.188 e. The van der Waals surface area contributed by atoms with E-state index < -0.39 is 0 Å². The zero-order valence-corrected chi connectivity index (χ0v) is 15.5. The number of likely N-dealkylation sites (tertiary alicyclic amines) is 1. The van der Waals surface area contributed by atoms with Gasteiger partial charge < -0.3 is 9.47 Å². The first-order chi connectivity index (χ1) is 12.7. The molecule has 0 saturated carbocycles. The van der Waals surface area contributed by atoms with Crippen molar-refractivity contribution in [3.63, 3.8) is 0 Å². The first-order valence-corrected chi connectivity index (χ1v) is 9.08. The van der Waals surface area contributed by atoms with Gasteiger partial charge in [-0.25, -0.2) is 4.39 Å². The maximum absolute atomic E-state index is 13.8. The van der Waals surface area contributed by atoms with E-state index in [0.29, 0.717) is 11.8 Å². The molecule has 2 aromatic carbocycles. The van der Waals surface area contributed by atoms with Crippen LogP contribution in [-0.2, 0) is 4.74 Å². The minimum absolute atomic E-state index is 0.0852. The van der Waals surface area contributed by atoms with Crippen LogP contribution in [0, 0.1) is 5.82 Å². The number of benzene rings is 2.